The van der Waals surface area contributed by atoms with Crippen molar-refractivity contribution in [3.05, 3.63) is 31.2 Å². The molecule has 0 bridgehead atoms. The maximum Gasteiger partial charge on any atom is 0.478 e. The predicted octanol–water partition coefficient (Wildman–Crippen LogP) is 3.16. The Labute approximate surface area is 293 Å². The van der Waals surface area contributed by atoms with Crippen LogP contribution in [0.25, 0.3) is 22.3 Å². The first-order valence-electron chi connectivity index (χ1n) is 15.9. The van der Waals surface area contributed by atoms with E-state index in [4.69, 9.17) is 43.6 Å². The van der Waals surface area contributed by atoms with E-state index >= 15 is 8.78 Å². The molecule has 10 atom stereocenters. The number of imidazole rings is 2. The Balaban J connectivity index is 1.20. The fourth-order valence-electron chi connectivity index (χ4n) is 6.20. The largest absolute Gasteiger partial charge is 0.478 e. The molecule has 24 heteroatoms. The van der Waals surface area contributed by atoms with E-state index in [9.17, 15) is 18.8 Å². The zero-order valence-electron chi connectivity index (χ0n) is 27.8. The van der Waals surface area contributed by atoms with Crippen LogP contribution in [0.15, 0.2) is 31.2 Å². The molecule has 4 unspecified atom stereocenters. The molecule has 1 saturated carbocycles. The molecule has 2 aliphatic heterocycles. The third-order valence-corrected chi connectivity index (χ3v) is 11.2. The van der Waals surface area contributed by atoms with Gasteiger partial charge >= 0.3 is 21.6 Å². The molecule has 0 aromatic carbocycles. The highest BCUT2D eigenvalue weighted by atomic mass is 31.2. The lowest BCUT2D eigenvalue weighted by Gasteiger charge is -2.29. The second-order valence-corrected chi connectivity index (χ2v) is 16.4. The summed E-state index contributed by atoms with van der Waals surface area (Å²) in [6.45, 7) is 2.23. The number of hydrogen-bond donors (Lipinski definition) is 3. The lowest BCUT2D eigenvalue weighted by Crippen LogP contribution is -2.36. The van der Waals surface area contributed by atoms with E-state index in [2.05, 4.69) is 24.9 Å². The number of halogens is 2. The molecule has 20 nitrogen and oxygen atoms in total. The number of phosphoric ester groups is 2. The third-order valence-electron chi connectivity index (χ3n) is 8.84. The van der Waals surface area contributed by atoms with Gasteiger partial charge in [-0.3, -0.25) is 27.5 Å². The van der Waals surface area contributed by atoms with Crippen molar-refractivity contribution in [1.29, 1.82) is 0 Å². The monoisotopic (exact) mass is 773 g/mol. The molecule has 1 aliphatic carbocycles. The van der Waals surface area contributed by atoms with Gasteiger partial charge < -0.3 is 30.4 Å². The Kier molecular flexibility index (Phi) is 9.58. The summed E-state index contributed by atoms with van der Waals surface area (Å²) in [5.74, 6) is -1.80. The molecule has 52 heavy (non-hydrogen) atoms. The molecular weight excluding hydrogens is 738 g/mol. The van der Waals surface area contributed by atoms with Crippen LogP contribution < -0.4 is 11.5 Å². The number of esters is 1. The molecule has 282 valence electrons. The number of hydrogen-bond acceptors (Lipinski definition) is 17. The fraction of sp³-hybridized carbons (Fsp3) is 0.571. The van der Waals surface area contributed by atoms with E-state index in [0.29, 0.717) is 0 Å². The van der Waals surface area contributed by atoms with Gasteiger partial charge in [-0.25, -0.2) is 47.4 Å². The SMILES string of the molecule is CC(C)(C)C(=O)OCOP1(=O)OC[C@H]2O[C@@H](n3cnc4c(N)ccnc43)C(F)[C@H]2OP(=O)(O)OC[C@H]2C[C@@H](n3cnc4c(N)ncnc43)C(F)[C@H]2O1. The van der Waals surface area contributed by atoms with Crippen molar-refractivity contribution in [2.75, 3.05) is 31.5 Å². The van der Waals surface area contributed by atoms with Crippen LogP contribution >= 0.6 is 15.6 Å². The van der Waals surface area contributed by atoms with Crippen molar-refractivity contribution in [1.82, 2.24) is 34.1 Å². The normalized spacial score (nSPS) is 34.4. The number of phosphoric acid groups is 2. The first kappa shape index (κ1) is 36.6. The number of anilines is 2. The Bertz CT molecular complexity index is 2080. The minimum Gasteiger partial charge on any atom is -0.437 e. The molecule has 4 aromatic heterocycles. The molecule has 2 saturated heterocycles. The van der Waals surface area contributed by atoms with Gasteiger partial charge in [-0.15, -0.1) is 0 Å². The summed E-state index contributed by atoms with van der Waals surface area (Å²) in [5.41, 5.74) is 11.9. The Morgan fingerprint density at radius 1 is 0.981 bits per heavy atom. The van der Waals surface area contributed by atoms with Gasteiger partial charge in [0, 0.05) is 12.1 Å². The van der Waals surface area contributed by atoms with E-state index < -0.39 is 95.9 Å². The Morgan fingerprint density at radius 3 is 2.48 bits per heavy atom. The first-order valence-corrected chi connectivity index (χ1v) is 18.8. The van der Waals surface area contributed by atoms with Gasteiger partial charge in [-0.2, -0.15) is 0 Å². The number of fused-ring (bicyclic) bond motifs is 4. The summed E-state index contributed by atoms with van der Waals surface area (Å²) in [4.78, 5) is 43.8. The van der Waals surface area contributed by atoms with Crippen molar-refractivity contribution < 1.29 is 59.7 Å². The summed E-state index contributed by atoms with van der Waals surface area (Å²) in [6, 6.07) is 0.379. The van der Waals surface area contributed by atoms with Crippen LogP contribution in [-0.4, -0.2) is 95.6 Å². The van der Waals surface area contributed by atoms with Gasteiger partial charge in [0.05, 0.1) is 43.0 Å². The number of carbonyl (C=O) groups is 1. The smallest absolute Gasteiger partial charge is 0.437 e. The van der Waals surface area contributed by atoms with Gasteiger partial charge in [0.2, 0.25) is 6.79 Å². The van der Waals surface area contributed by atoms with Gasteiger partial charge in [0.25, 0.3) is 0 Å². The second kappa shape index (κ2) is 13.6. The molecule has 7 rings (SSSR count). The second-order valence-electron chi connectivity index (χ2n) is 13.4. The van der Waals surface area contributed by atoms with Gasteiger partial charge in [-0.05, 0) is 33.3 Å². The van der Waals surface area contributed by atoms with E-state index in [1.807, 2.05) is 0 Å². The van der Waals surface area contributed by atoms with Crippen LogP contribution in [0.2, 0.25) is 0 Å². The number of ether oxygens (including phenoxy) is 2. The van der Waals surface area contributed by atoms with Gasteiger partial charge in [0.15, 0.2) is 29.5 Å². The standard InChI is InChI=1S/C28H35F2N9O11P2/c1-28(2,3)27(40)44-12-47-52(43)46-8-16-22(18(30)26(48-16)39-11-36-19-14(31)4-5-33-24(19)39)49-51(41,42)45-7-13-6-15(17(29)21(13)50-52)38-10-37-20-23(32)34-9-35-25(20)38/h4-5,9-11,13,15-18,21-22,26H,6-8,12H2,1-3H3,(H2,31,33)(H,41,42)(H2,32,34,35)/t13-,15-,16-,17?,18?,21+,22+,26-,52?/m1/s1. The highest BCUT2D eigenvalue weighted by Gasteiger charge is 2.55. The first-order chi connectivity index (χ1) is 24.6. The van der Waals surface area contributed by atoms with Crippen LogP contribution in [0.4, 0.5) is 20.3 Å². The van der Waals surface area contributed by atoms with Crippen LogP contribution in [-0.2, 0) is 46.0 Å². The minimum atomic E-state index is -5.10. The fourth-order valence-corrected chi connectivity index (χ4v) is 8.50. The third kappa shape index (κ3) is 6.90. The topological polar surface area (TPSA) is 262 Å². The van der Waals surface area contributed by atoms with Crippen molar-refractivity contribution >= 4 is 55.4 Å². The van der Waals surface area contributed by atoms with Crippen molar-refractivity contribution in [3.8, 4) is 0 Å². The summed E-state index contributed by atoms with van der Waals surface area (Å²) >= 11 is 0. The summed E-state index contributed by atoms with van der Waals surface area (Å²) in [5, 5.41) is 0. The van der Waals surface area contributed by atoms with E-state index in [1.165, 1.54) is 40.4 Å². The number of aromatic nitrogens is 7. The quantitative estimate of drug-likeness (QED) is 0.149. The molecule has 0 amide bonds. The van der Waals surface area contributed by atoms with Crippen LogP contribution in [0.3, 0.4) is 0 Å². The molecule has 0 radical (unpaired) electrons. The summed E-state index contributed by atoms with van der Waals surface area (Å²) in [7, 11) is -10.1. The summed E-state index contributed by atoms with van der Waals surface area (Å²) < 4.78 is 101. The molecule has 4 aromatic rings. The van der Waals surface area contributed by atoms with Crippen molar-refractivity contribution in [3.63, 3.8) is 0 Å². The van der Waals surface area contributed by atoms with Crippen molar-refractivity contribution in [2.45, 2.75) is 70.1 Å². The Morgan fingerprint density at radius 2 is 1.71 bits per heavy atom. The number of rotatable bonds is 5. The van der Waals surface area contributed by atoms with Crippen LogP contribution in [0.5, 0.6) is 0 Å². The number of nitrogens with two attached hydrogens (primary N) is 2. The maximum absolute atomic E-state index is 16.5. The van der Waals surface area contributed by atoms with Crippen LogP contribution in [0, 0.1) is 11.3 Å². The summed E-state index contributed by atoms with van der Waals surface area (Å²) in [6.07, 6.45) is -5.99. The van der Waals surface area contributed by atoms with Gasteiger partial charge in [-0.1, -0.05) is 0 Å². The minimum absolute atomic E-state index is 0.0421. The predicted molar refractivity (Wildman–Crippen MR) is 173 cm³/mol. The number of pyridine rings is 1. The van der Waals surface area contributed by atoms with Gasteiger partial charge in [0.1, 0.15) is 41.8 Å². The number of nitrogens with zero attached hydrogens (tertiary/aromatic N) is 7. The lowest BCUT2D eigenvalue weighted by molar-refractivity contribution is -0.161. The average Bonchev–Trinajstić information content (AvgIpc) is 3.84. The number of carbonyl (C=O) groups excluding carboxylic acids is 1. The zero-order valence-corrected chi connectivity index (χ0v) is 29.6. The molecule has 3 aliphatic rings. The Hall–Kier alpha value is -3.72. The number of alkyl halides is 2. The van der Waals surface area contributed by atoms with Crippen molar-refractivity contribution in [2.24, 2.45) is 11.3 Å². The lowest BCUT2D eigenvalue weighted by atomic mass is 9.98. The molecule has 3 fully saturated rings. The van der Waals surface area contributed by atoms with Crippen LogP contribution in [0.1, 0.15) is 39.5 Å². The van der Waals surface area contributed by atoms with E-state index in [-0.39, 0.29) is 40.3 Å². The molecular formula is C28H35F2N9O11P2. The highest BCUT2D eigenvalue weighted by molar-refractivity contribution is 7.48. The zero-order chi connectivity index (χ0) is 37.2. The molecule has 6 heterocycles. The molecule has 0 spiro atoms. The van der Waals surface area contributed by atoms with E-state index in [1.54, 1.807) is 20.8 Å². The number of nitrogen functional groups attached to an aromatic ring is 2. The maximum atomic E-state index is 16.5. The molecule has 5 N–H and O–H groups in total. The highest BCUT2D eigenvalue weighted by Crippen LogP contribution is 2.58. The average molecular weight is 774 g/mol. The van der Waals surface area contributed by atoms with E-state index in [0.717, 1.165) is 0 Å².